The zero-order valence-electron chi connectivity index (χ0n) is 21.3. The molecule has 6 rings (SSSR count). The average Bonchev–Trinajstić information content (AvgIpc) is 3.54. The second-order valence-corrected chi connectivity index (χ2v) is 11.1. The van der Waals surface area contributed by atoms with Crippen molar-refractivity contribution in [1.29, 1.82) is 0 Å². The Labute approximate surface area is 220 Å². The summed E-state index contributed by atoms with van der Waals surface area (Å²) in [6.45, 7) is 8.68. The maximum Gasteiger partial charge on any atom is 0.224 e. The number of carbonyl (C=O) groups is 1. The minimum atomic E-state index is 0.247. The van der Waals surface area contributed by atoms with E-state index in [1.165, 1.54) is 5.57 Å². The molecule has 0 bridgehead atoms. The first kappa shape index (κ1) is 24.1. The third-order valence-corrected chi connectivity index (χ3v) is 8.12. The number of aromatic nitrogens is 3. The van der Waals surface area contributed by atoms with Crippen LogP contribution in [0.15, 0.2) is 48.1 Å². The van der Waals surface area contributed by atoms with Crippen LogP contribution in [0.5, 0.6) is 0 Å². The first-order chi connectivity index (χ1) is 18.0. The molecule has 4 aromatic rings. The molecule has 2 aliphatic rings. The number of nitrogens with zero attached hydrogens (tertiary/aromatic N) is 4. The van der Waals surface area contributed by atoms with Gasteiger partial charge in [0.05, 0.1) is 21.4 Å². The van der Waals surface area contributed by atoms with Crippen LogP contribution in [-0.2, 0) is 4.79 Å². The summed E-state index contributed by atoms with van der Waals surface area (Å²) in [5.74, 6) is 0.247. The third kappa shape index (κ3) is 5.25. The molecule has 0 spiro atoms. The predicted molar refractivity (Wildman–Crippen MR) is 151 cm³/mol. The minimum absolute atomic E-state index is 0.247. The van der Waals surface area contributed by atoms with Gasteiger partial charge in [0.25, 0.3) is 0 Å². The van der Waals surface area contributed by atoms with Gasteiger partial charge in [0.1, 0.15) is 5.65 Å². The minimum Gasteiger partial charge on any atom is -0.355 e. The standard InChI is InChI=1S/C28H33N7OS/c1-18-15-34(16-19(2)31-18)10-8-27(36)35-11-6-20(7-12-35)25-14-22-23(5-9-29-28(22)33-25)32-21-3-4-24-26(13-21)37-17-30-24/h3-6,9,13-14,17-19,31H,7-8,10-12,15-16H2,1-2H3,(H2,29,32,33). The van der Waals surface area contributed by atoms with E-state index in [9.17, 15) is 4.79 Å². The van der Waals surface area contributed by atoms with Crippen molar-refractivity contribution in [2.24, 2.45) is 0 Å². The lowest BCUT2D eigenvalue weighted by Crippen LogP contribution is -2.54. The summed E-state index contributed by atoms with van der Waals surface area (Å²) in [5.41, 5.74) is 8.11. The third-order valence-electron chi connectivity index (χ3n) is 7.32. The van der Waals surface area contributed by atoms with Gasteiger partial charge in [0, 0.05) is 74.2 Å². The van der Waals surface area contributed by atoms with E-state index in [1.54, 1.807) is 11.3 Å². The fraction of sp³-hybridized carbons (Fsp3) is 0.393. The largest absolute Gasteiger partial charge is 0.355 e. The normalized spacial score (nSPS) is 20.9. The number of fused-ring (bicyclic) bond motifs is 2. The zero-order chi connectivity index (χ0) is 25.4. The Morgan fingerprint density at radius 2 is 2.03 bits per heavy atom. The maximum absolute atomic E-state index is 12.9. The first-order valence-corrected chi connectivity index (χ1v) is 13.9. The molecule has 0 aliphatic carbocycles. The summed E-state index contributed by atoms with van der Waals surface area (Å²) in [6, 6.07) is 11.4. The van der Waals surface area contributed by atoms with Crippen molar-refractivity contribution in [1.82, 2.24) is 30.1 Å². The summed E-state index contributed by atoms with van der Waals surface area (Å²) in [6.07, 6.45) is 5.43. The second-order valence-electron chi connectivity index (χ2n) is 10.3. The van der Waals surface area contributed by atoms with Gasteiger partial charge in [-0.1, -0.05) is 6.08 Å². The molecule has 8 nitrogen and oxygen atoms in total. The highest BCUT2D eigenvalue weighted by Crippen LogP contribution is 2.31. The van der Waals surface area contributed by atoms with Gasteiger partial charge < -0.3 is 20.5 Å². The molecule has 1 fully saturated rings. The fourth-order valence-electron chi connectivity index (χ4n) is 5.57. The first-order valence-electron chi connectivity index (χ1n) is 13.1. The van der Waals surface area contributed by atoms with Crippen molar-refractivity contribution in [3.8, 4) is 0 Å². The Kier molecular flexibility index (Phi) is 6.67. The lowest BCUT2D eigenvalue weighted by Gasteiger charge is -2.36. The van der Waals surface area contributed by atoms with Crippen LogP contribution in [-0.4, -0.2) is 75.5 Å². The zero-order valence-corrected chi connectivity index (χ0v) is 22.1. The molecule has 1 saturated heterocycles. The Hall–Kier alpha value is -3.27. The molecule has 2 aliphatic heterocycles. The summed E-state index contributed by atoms with van der Waals surface area (Å²) < 4.78 is 1.16. The van der Waals surface area contributed by atoms with Crippen LogP contribution >= 0.6 is 11.3 Å². The highest BCUT2D eigenvalue weighted by molar-refractivity contribution is 7.16. The van der Waals surface area contributed by atoms with Gasteiger partial charge >= 0.3 is 0 Å². The topological polar surface area (TPSA) is 89.2 Å². The van der Waals surface area contributed by atoms with Crippen LogP contribution in [0.4, 0.5) is 11.4 Å². The van der Waals surface area contributed by atoms with Crippen molar-refractivity contribution in [2.75, 3.05) is 38.0 Å². The van der Waals surface area contributed by atoms with Crippen molar-refractivity contribution < 1.29 is 4.79 Å². The molecule has 37 heavy (non-hydrogen) atoms. The van der Waals surface area contributed by atoms with Gasteiger partial charge in [-0.2, -0.15) is 0 Å². The van der Waals surface area contributed by atoms with Crippen molar-refractivity contribution in [2.45, 2.75) is 38.8 Å². The van der Waals surface area contributed by atoms with Crippen LogP contribution in [0.2, 0.25) is 0 Å². The van der Waals surface area contributed by atoms with E-state index in [1.807, 2.05) is 28.7 Å². The SMILES string of the molecule is CC1CN(CCC(=O)N2CC=C(c3cc4c(Nc5ccc6ncsc6c5)ccnc4[nH]3)CC2)CC(C)N1. The van der Waals surface area contributed by atoms with Gasteiger partial charge in [0.15, 0.2) is 0 Å². The van der Waals surface area contributed by atoms with Crippen molar-refractivity contribution in [3.05, 3.63) is 53.8 Å². The number of pyridine rings is 1. The highest BCUT2D eigenvalue weighted by Gasteiger charge is 2.23. The van der Waals surface area contributed by atoms with E-state index in [-0.39, 0.29) is 5.91 Å². The van der Waals surface area contributed by atoms with Crippen LogP contribution in [0.3, 0.4) is 0 Å². The Balaban J connectivity index is 1.11. The van der Waals surface area contributed by atoms with Gasteiger partial charge in [-0.25, -0.2) is 9.97 Å². The molecule has 9 heteroatoms. The Morgan fingerprint density at radius 1 is 1.16 bits per heavy atom. The van der Waals surface area contributed by atoms with Crippen molar-refractivity contribution >= 4 is 55.4 Å². The van der Waals surface area contributed by atoms with Crippen LogP contribution in [0, 0.1) is 0 Å². The lowest BCUT2D eigenvalue weighted by molar-refractivity contribution is -0.131. The average molecular weight is 516 g/mol. The smallest absolute Gasteiger partial charge is 0.224 e. The quantitative estimate of drug-likeness (QED) is 0.348. The number of carbonyl (C=O) groups excluding carboxylic acids is 1. The number of benzene rings is 1. The van der Waals surface area contributed by atoms with Gasteiger partial charge in [-0.05, 0) is 56.2 Å². The number of hydrogen-bond donors (Lipinski definition) is 3. The predicted octanol–water partition coefficient (Wildman–Crippen LogP) is 4.60. The number of rotatable bonds is 6. The highest BCUT2D eigenvalue weighted by atomic mass is 32.1. The van der Waals surface area contributed by atoms with Gasteiger partial charge in [-0.15, -0.1) is 11.3 Å². The number of aromatic amines is 1. The second kappa shape index (κ2) is 10.2. The summed E-state index contributed by atoms with van der Waals surface area (Å²) in [5, 5.41) is 8.16. The molecular weight excluding hydrogens is 482 g/mol. The van der Waals surface area contributed by atoms with E-state index < -0.39 is 0 Å². The number of anilines is 2. The van der Waals surface area contributed by atoms with Crippen LogP contribution < -0.4 is 10.6 Å². The molecule has 2 atom stereocenters. The number of hydrogen-bond acceptors (Lipinski definition) is 7. The molecule has 3 N–H and O–H groups in total. The molecular formula is C28H33N7OS. The van der Waals surface area contributed by atoms with E-state index >= 15 is 0 Å². The van der Waals surface area contributed by atoms with Crippen molar-refractivity contribution in [3.63, 3.8) is 0 Å². The Bertz CT molecular complexity index is 1450. The molecule has 192 valence electrons. The molecule has 5 heterocycles. The number of amides is 1. The molecule has 3 aromatic heterocycles. The number of nitrogens with one attached hydrogen (secondary N) is 3. The summed E-state index contributed by atoms with van der Waals surface area (Å²) >= 11 is 1.64. The van der Waals surface area contributed by atoms with Gasteiger partial charge in [0.2, 0.25) is 5.91 Å². The molecule has 1 aromatic carbocycles. The van der Waals surface area contributed by atoms with Gasteiger partial charge in [-0.3, -0.25) is 9.69 Å². The molecule has 0 radical (unpaired) electrons. The molecule has 2 unspecified atom stereocenters. The number of H-pyrrole nitrogens is 1. The number of thiazole rings is 1. The molecule has 0 saturated carbocycles. The van der Waals surface area contributed by atoms with E-state index in [4.69, 9.17) is 0 Å². The van der Waals surface area contributed by atoms with Crippen LogP contribution in [0.1, 0.15) is 32.4 Å². The summed E-state index contributed by atoms with van der Waals surface area (Å²) in [7, 11) is 0. The maximum atomic E-state index is 12.9. The Morgan fingerprint density at radius 3 is 2.84 bits per heavy atom. The number of piperazine rings is 1. The van der Waals surface area contributed by atoms with E-state index in [0.29, 0.717) is 25.0 Å². The fourth-order valence-corrected chi connectivity index (χ4v) is 6.29. The monoisotopic (exact) mass is 515 g/mol. The summed E-state index contributed by atoms with van der Waals surface area (Å²) in [4.78, 5) is 29.7. The molecule has 1 amide bonds. The lowest BCUT2D eigenvalue weighted by atomic mass is 10.0. The van der Waals surface area contributed by atoms with Crippen LogP contribution in [0.25, 0.3) is 26.8 Å². The van der Waals surface area contributed by atoms with E-state index in [2.05, 4.69) is 68.6 Å². The van der Waals surface area contributed by atoms with E-state index in [0.717, 1.165) is 70.9 Å².